The highest BCUT2D eigenvalue weighted by Crippen LogP contribution is 2.31. The molecule has 1 fully saturated rings. The summed E-state index contributed by atoms with van der Waals surface area (Å²) in [6.07, 6.45) is 4.51. The molecule has 2 amide bonds. The molecule has 0 saturated heterocycles. The van der Waals surface area contributed by atoms with Crippen LogP contribution in [0.5, 0.6) is 5.75 Å². The lowest BCUT2D eigenvalue weighted by molar-refractivity contribution is -0.113. The van der Waals surface area contributed by atoms with Gasteiger partial charge in [0.25, 0.3) is 5.91 Å². The minimum atomic E-state index is -0.234. The number of methoxy groups -OCH3 is 1. The number of ether oxygens (including phenoxy) is 1. The number of thioether (sulfide) groups is 1. The van der Waals surface area contributed by atoms with Crippen LogP contribution in [0.1, 0.15) is 42.1 Å². The Morgan fingerprint density at radius 1 is 1.03 bits per heavy atom. The predicted molar refractivity (Wildman–Crippen MR) is 122 cm³/mol. The molecular formula is C22H24N6O3S. The van der Waals surface area contributed by atoms with Crippen molar-refractivity contribution < 1.29 is 14.3 Å². The molecule has 2 aromatic carbocycles. The van der Waals surface area contributed by atoms with Crippen LogP contribution in [0.15, 0.2) is 53.7 Å². The lowest BCUT2D eigenvalue weighted by atomic mass is 10.2. The van der Waals surface area contributed by atoms with E-state index in [1.807, 2.05) is 4.68 Å². The molecular weight excluding hydrogens is 428 g/mol. The van der Waals surface area contributed by atoms with Crippen LogP contribution in [0, 0.1) is 0 Å². The Morgan fingerprint density at radius 2 is 1.69 bits per heavy atom. The predicted octanol–water partition coefficient (Wildman–Crippen LogP) is 3.78. The summed E-state index contributed by atoms with van der Waals surface area (Å²) in [6.45, 7) is 0. The number of aromatic nitrogens is 4. The number of benzene rings is 2. The van der Waals surface area contributed by atoms with Crippen molar-refractivity contribution in [3.8, 4) is 5.75 Å². The van der Waals surface area contributed by atoms with Gasteiger partial charge in [-0.3, -0.25) is 9.59 Å². The number of amides is 2. The van der Waals surface area contributed by atoms with Gasteiger partial charge in [-0.1, -0.05) is 24.6 Å². The van der Waals surface area contributed by atoms with E-state index >= 15 is 0 Å². The van der Waals surface area contributed by atoms with Gasteiger partial charge in [0.1, 0.15) is 5.75 Å². The van der Waals surface area contributed by atoms with E-state index < -0.39 is 0 Å². The number of carbonyl (C=O) groups excluding carboxylic acids is 2. The third-order valence-corrected chi connectivity index (χ3v) is 6.18. The molecule has 1 aliphatic rings. The molecule has 1 saturated carbocycles. The number of carbonyl (C=O) groups is 2. The van der Waals surface area contributed by atoms with E-state index in [2.05, 4.69) is 26.2 Å². The number of hydrogen-bond acceptors (Lipinski definition) is 7. The maximum absolute atomic E-state index is 12.4. The summed E-state index contributed by atoms with van der Waals surface area (Å²) in [5.74, 6) is 0.525. The Bertz CT molecular complexity index is 1060. The summed E-state index contributed by atoms with van der Waals surface area (Å²) in [6, 6.07) is 14.2. The normalized spacial score (nSPS) is 13.7. The molecule has 0 spiro atoms. The van der Waals surface area contributed by atoms with Gasteiger partial charge in [0.15, 0.2) is 0 Å². The molecule has 0 unspecified atom stereocenters. The number of tetrazole rings is 1. The molecule has 0 atom stereocenters. The summed E-state index contributed by atoms with van der Waals surface area (Å²) < 4.78 is 6.95. The maximum atomic E-state index is 12.4. The molecule has 1 heterocycles. The van der Waals surface area contributed by atoms with Crippen LogP contribution in [0.25, 0.3) is 0 Å². The Balaban J connectivity index is 1.28. The van der Waals surface area contributed by atoms with Crippen molar-refractivity contribution in [1.29, 1.82) is 0 Å². The van der Waals surface area contributed by atoms with Crippen LogP contribution in [0.4, 0.5) is 11.4 Å². The zero-order valence-corrected chi connectivity index (χ0v) is 18.5. The Hall–Kier alpha value is -3.40. The zero-order valence-electron chi connectivity index (χ0n) is 17.7. The molecule has 0 bridgehead atoms. The quantitative estimate of drug-likeness (QED) is 0.500. The summed E-state index contributed by atoms with van der Waals surface area (Å²) in [4.78, 5) is 24.8. The maximum Gasteiger partial charge on any atom is 0.255 e. The third kappa shape index (κ3) is 5.44. The average molecular weight is 453 g/mol. The first-order chi connectivity index (χ1) is 15.6. The van der Waals surface area contributed by atoms with E-state index in [9.17, 15) is 9.59 Å². The van der Waals surface area contributed by atoms with E-state index in [-0.39, 0.29) is 17.6 Å². The molecule has 166 valence electrons. The van der Waals surface area contributed by atoms with Crippen LogP contribution >= 0.6 is 11.8 Å². The van der Waals surface area contributed by atoms with Crippen LogP contribution in [-0.2, 0) is 4.79 Å². The number of hydrogen-bond donors (Lipinski definition) is 2. The third-order valence-electron chi connectivity index (χ3n) is 5.24. The minimum absolute atomic E-state index is 0.161. The van der Waals surface area contributed by atoms with Gasteiger partial charge in [-0.05, 0) is 71.8 Å². The number of anilines is 2. The largest absolute Gasteiger partial charge is 0.497 e. The highest BCUT2D eigenvalue weighted by atomic mass is 32.2. The minimum Gasteiger partial charge on any atom is -0.497 e. The summed E-state index contributed by atoms with van der Waals surface area (Å²) >= 11 is 1.32. The van der Waals surface area contributed by atoms with Crippen LogP contribution in [0.2, 0.25) is 0 Å². The van der Waals surface area contributed by atoms with Crippen molar-refractivity contribution in [2.75, 3.05) is 23.5 Å². The second kappa shape index (κ2) is 10.3. The Labute approximate surface area is 189 Å². The van der Waals surface area contributed by atoms with Crippen LogP contribution in [-0.4, -0.2) is 44.9 Å². The van der Waals surface area contributed by atoms with E-state index in [1.165, 1.54) is 24.6 Å². The second-order valence-electron chi connectivity index (χ2n) is 7.44. The van der Waals surface area contributed by atoms with Crippen molar-refractivity contribution in [2.24, 2.45) is 0 Å². The van der Waals surface area contributed by atoms with Gasteiger partial charge in [-0.25, -0.2) is 4.68 Å². The molecule has 1 aromatic heterocycles. The summed E-state index contributed by atoms with van der Waals surface area (Å²) in [5.41, 5.74) is 1.78. The van der Waals surface area contributed by atoms with Gasteiger partial charge in [0.05, 0.1) is 18.9 Å². The monoisotopic (exact) mass is 452 g/mol. The topological polar surface area (TPSA) is 111 Å². The molecule has 10 heteroatoms. The zero-order chi connectivity index (χ0) is 22.3. The van der Waals surface area contributed by atoms with Gasteiger partial charge in [0, 0.05) is 16.9 Å². The van der Waals surface area contributed by atoms with Crippen molar-refractivity contribution in [2.45, 2.75) is 36.9 Å². The fourth-order valence-corrected chi connectivity index (χ4v) is 4.31. The standard InChI is InChI=1S/C22H24N6O3S/c1-31-19-12-10-17(11-13-19)24-21(30)15-6-8-16(9-7-15)23-20(29)14-32-22-25-26-27-28(22)18-4-2-3-5-18/h6-13,18H,2-5,14H2,1H3,(H,23,29)(H,24,30). The molecule has 4 rings (SSSR count). The van der Waals surface area contributed by atoms with Crippen molar-refractivity contribution in [3.63, 3.8) is 0 Å². The molecule has 0 radical (unpaired) electrons. The van der Waals surface area contributed by atoms with Crippen LogP contribution < -0.4 is 15.4 Å². The SMILES string of the molecule is COc1ccc(NC(=O)c2ccc(NC(=O)CSc3nnnn3C3CCCC3)cc2)cc1. The van der Waals surface area contributed by atoms with E-state index in [4.69, 9.17) is 4.74 Å². The Morgan fingerprint density at radius 3 is 2.38 bits per heavy atom. The fraction of sp³-hybridized carbons (Fsp3) is 0.318. The molecule has 3 aromatic rings. The van der Waals surface area contributed by atoms with Gasteiger partial charge in [-0.2, -0.15) is 0 Å². The first kappa shape index (κ1) is 21.8. The number of rotatable bonds is 8. The van der Waals surface area contributed by atoms with E-state index in [1.54, 1.807) is 55.6 Å². The highest BCUT2D eigenvalue weighted by molar-refractivity contribution is 7.99. The lowest BCUT2D eigenvalue weighted by Gasteiger charge is -2.11. The first-order valence-electron chi connectivity index (χ1n) is 10.4. The molecule has 2 N–H and O–H groups in total. The van der Waals surface area contributed by atoms with Gasteiger partial charge < -0.3 is 15.4 Å². The summed E-state index contributed by atoms with van der Waals surface area (Å²) in [7, 11) is 1.59. The van der Waals surface area contributed by atoms with E-state index in [0.29, 0.717) is 28.1 Å². The number of nitrogens with zero attached hydrogens (tertiary/aromatic N) is 4. The molecule has 9 nitrogen and oxygen atoms in total. The van der Waals surface area contributed by atoms with Crippen molar-refractivity contribution >= 4 is 35.0 Å². The van der Waals surface area contributed by atoms with Crippen molar-refractivity contribution in [1.82, 2.24) is 20.2 Å². The molecule has 1 aliphatic carbocycles. The highest BCUT2D eigenvalue weighted by Gasteiger charge is 2.22. The first-order valence-corrected chi connectivity index (χ1v) is 11.4. The fourth-order valence-electron chi connectivity index (χ4n) is 3.57. The lowest BCUT2D eigenvalue weighted by Crippen LogP contribution is -2.16. The number of nitrogens with one attached hydrogen (secondary N) is 2. The van der Waals surface area contributed by atoms with Gasteiger partial charge >= 0.3 is 0 Å². The van der Waals surface area contributed by atoms with Gasteiger partial charge in [0.2, 0.25) is 11.1 Å². The average Bonchev–Trinajstić information content (AvgIpc) is 3.50. The smallest absolute Gasteiger partial charge is 0.255 e. The second-order valence-corrected chi connectivity index (χ2v) is 8.38. The van der Waals surface area contributed by atoms with Crippen molar-refractivity contribution in [3.05, 3.63) is 54.1 Å². The molecule has 32 heavy (non-hydrogen) atoms. The van der Waals surface area contributed by atoms with Crippen LogP contribution in [0.3, 0.4) is 0 Å². The van der Waals surface area contributed by atoms with E-state index in [0.717, 1.165) is 18.6 Å². The summed E-state index contributed by atoms with van der Waals surface area (Å²) in [5, 5.41) is 18.2. The Kier molecular flexibility index (Phi) is 7.00. The van der Waals surface area contributed by atoms with Gasteiger partial charge in [-0.15, -0.1) is 5.10 Å². The molecule has 0 aliphatic heterocycles.